The first kappa shape index (κ1) is 36.4. The molecule has 2 N–H and O–H groups in total. The molecule has 272 valence electrons. The molecule has 2 aromatic carbocycles. The number of esters is 2. The Morgan fingerprint density at radius 1 is 0.900 bits per heavy atom. The third-order valence-corrected chi connectivity index (χ3v) is 10.7. The van der Waals surface area contributed by atoms with E-state index in [4.69, 9.17) is 23.7 Å². The zero-order chi connectivity index (χ0) is 35.3. The van der Waals surface area contributed by atoms with Gasteiger partial charge in [-0.3, -0.25) is 19.8 Å². The van der Waals surface area contributed by atoms with E-state index in [1.165, 1.54) is 0 Å². The number of fused-ring (bicyclic) bond motifs is 1. The summed E-state index contributed by atoms with van der Waals surface area (Å²) in [5.41, 5.74) is 4.39. The van der Waals surface area contributed by atoms with E-state index in [1.807, 2.05) is 81.4 Å². The smallest absolute Gasteiger partial charge is 0.306 e. The van der Waals surface area contributed by atoms with Crippen LogP contribution in [0.15, 0.2) is 60.7 Å². The Bertz CT molecular complexity index is 1430. The molecular weight excluding hydrogens is 640 g/mol. The molecule has 3 heterocycles. The fraction of sp³-hybridized carbons (Fsp3) is 0.615. The molecular formula is C39H52N2O9. The number of rotatable bonds is 15. The Morgan fingerprint density at radius 2 is 1.58 bits per heavy atom. The van der Waals surface area contributed by atoms with Gasteiger partial charge in [-0.25, -0.2) is 5.01 Å². The van der Waals surface area contributed by atoms with Gasteiger partial charge >= 0.3 is 11.9 Å². The molecule has 4 fully saturated rings. The fourth-order valence-corrected chi connectivity index (χ4v) is 7.89. The van der Waals surface area contributed by atoms with Crippen LogP contribution in [0.1, 0.15) is 57.6 Å². The SMILES string of the molecule is CC(C)(C)[C@H](CC(=O)OC1CCOC1)C(=O)NN(Cc1ccccc1)C[C@@H](O)[C@@H](CC(=O)OC1C2COC3OCC1C3C2)Cc1ccccc1. The van der Waals surface area contributed by atoms with Crippen LogP contribution in [0.5, 0.6) is 0 Å². The summed E-state index contributed by atoms with van der Waals surface area (Å²) in [5.74, 6) is -1.79. The summed E-state index contributed by atoms with van der Waals surface area (Å²) < 4.78 is 28.8. The van der Waals surface area contributed by atoms with Crippen molar-refractivity contribution >= 4 is 17.8 Å². The molecule has 50 heavy (non-hydrogen) atoms. The highest BCUT2D eigenvalue weighted by Gasteiger charge is 2.56. The number of nitrogens with zero attached hydrogens (tertiary/aromatic N) is 1. The molecule has 2 aromatic rings. The third kappa shape index (κ3) is 9.30. The van der Waals surface area contributed by atoms with Gasteiger partial charge in [0, 0.05) is 43.2 Å². The highest BCUT2D eigenvalue weighted by molar-refractivity contribution is 5.84. The first-order valence-corrected chi connectivity index (χ1v) is 18.0. The molecule has 0 radical (unpaired) electrons. The maximum absolute atomic E-state index is 14.0. The molecule has 0 aromatic heterocycles. The summed E-state index contributed by atoms with van der Waals surface area (Å²) in [6, 6.07) is 19.4. The van der Waals surface area contributed by atoms with Crippen LogP contribution in [-0.4, -0.2) is 85.5 Å². The van der Waals surface area contributed by atoms with Crippen LogP contribution in [0.25, 0.3) is 0 Å². The largest absolute Gasteiger partial charge is 0.462 e. The summed E-state index contributed by atoms with van der Waals surface area (Å²) >= 11 is 0. The number of nitrogens with one attached hydrogen (secondary N) is 1. The van der Waals surface area contributed by atoms with Crippen molar-refractivity contribution in [2.75, 3.05) is 33.0 Å². The molecule has 1 saturated carbocycles. The molecule has 1 aliphatic carbocycles. The quantitative estimate of drug-likeness (QED) is 0.208. The minimum Gasteiger partial charge on any atom is -0.462 e. The highest BCUT2D eigenvalue weighted by atomic mass is 16.7. The van der Waals surface area contributed by atoms with Gasteiger partial charge in [0.2, 0.25) is 5.91 Å². The number of benzene rings is 2. The number of hydrogen-bond acceptors (Lipinski definition) is 10. The number of carbonyl (C=O) groups excluding carboxylic acids is 3. The van der Waals surface area contributed by atoms with Crippen LogP contribution < -0.4 is 5.43 Å². The monoisotopic (exact) mass is 692 g/mol. The van der Waals surface area contributed by atoms with Crippen molar-refractivity contribution in [1.82, 2.24) is 10.4 Å². The van der Waals surface area contributed by atoms with Gasteiger partial charge in [0.15, 0.2) is 6.29 Å². The molecule has 11 nitrogen and oxygen atoms in total. The maximum Gasteiger partial charge on any atom is 0.306 e. The van der Waals surface area contributed by atoms with E-state index in [1.54, 1.807) is 5.01 Å². The zero-order valence-corrected chi connectivity index (χ0v) is 29.4. The molecule has 3 saturated heterocycles. The van der Waals surface area contributed by atoms with Gasteiger partial charge < -0.3 is 28.8 Å². The van der Waals surface area contributed by atoms with E-state index >= 15 is 0 Å². The van der Waals surface area contributed by atoms with Crippen LogP contribution in [0.3, 0.4) is 0 Å². The Balaban J connectivity index is 1.16. The molecule has 6 unspecified atom stereocenters. The van der Waals surface area contributed by atoms with Crippen molar-refractivity contribution < 1.29 is 43.2 Å². The van der Waals surface area contributed by atoms with Gasteiger partial charge in [0.1, 0.15) is 12.2 Å². The lowest BCUT2D eigenvalue weighted by atomic mass is 9.78. The van der Waals surface area contributed by atoms with Crippen molar-refractivity contribution in [3.05, 3.63) is 71.8 Å². The second-order valence-electron chi connectivity index (χ2n) is 15.5. The van der Waals surface area contributed by atoms with Crippen molar-refractivity contribution in [3.63, 3.8) is 0 Å². The Labute approximate surface area is 294 Å². The Kier molecular flexibility index (Phi) is 11.9. The topological polar surface area (TPSA) is 133 Å². The van der Waals surface area contributed by atoms with Crippen LogP contribution in [0.4, 0.5) is 0 Å². The van der Waals surface area contributed by atoms with E-state index in [0.29, 0.717) is 45.8 Å². The molecule has 4 aliphatic rings. The fourth-order valence-electron chi connectivity index (χ4n) is 7.89. The van der Waals surface area contributed by atoms with Crippen molar-refractivity contribution in [2.24, 2.45) is 35.0 Å². The lowest BCUT2D eigenvalue weighted by Crippen LogP contribution is -2.51. The number of hydrogen-bond donors (Lipinski definition) is 2. The standard InChI is InChI=1S/C39H52N2O9/c1-39(2,3)32(19-35(44)49-29-14-15-46-23-29)37(45)40-41(20-26-12-8-5-9-13-26)21-33(42)27(16-25-10-6-4-7-11-25)18-34(43)50-36-28-17-30-31(36)24-48-38(30)47-22-28/h4-13,27-33,36,38,42H,14-24H2,1-3H3,(H,40,45)/t27-,28?,29?,30?,31?,32-,33-,36?,38?/m1/s1. The van der Waals surface area contributed by atoms with Crippen LogP contribution in [0, 0.1) is 35.0 Å². The Morgan fingerprint density at radius 3 is 2.26 bits per heavy atom. The first-order chi connectivity index (χ1) is 24.0. The van der Waals surface area contributed by atoms with Crippen molar-refractivity contribution in [3.8, 4) is 0 Å². The summed E-state index contributed by atoms with van der Waals surface area (Å²) in [4.78, 5) is 40.5. The molecule has 3 aliphatic heterocycles. The normalized spacial score (nSPS) is 27.5. The predicted molar refractivity (Wildman–Crippen MR) is 183 cm³/mol. The van der Waals surface area contributed by atoms with E-state index in [0.717, 1.165) is 17.5 Å². The van der Waals surface area contributed by atoms with Gasteiger partial charge in [0.25, 0.3) is 0 Å². The first-order valence-electron chi connectivity index (χ1n) is 18.0. The van der Waals surface area contributed by atoms with Gasteiger partial charge in [-0.1, -0.05) is 81.4 Å². The molecule has 0 spiro atoms. The Hall–Kier alpha value is -3.35. The molecule has 11 heteroatoms. The zero-order valence-electron chi connectivity index (χ0n) is 29.4. The second-order valence-corrected chi connectivity index (χ2v) is 15.5. The van der Waals surface area contributed by atoms with E-state index in [-0.39, 0.29) is 67.5 Å². The van der Waals surface area contributed by atoms with Crippen LogP contribution in [0.2, 0.25) is 0 Å². The third-order valence-electron chi connectivity index (χ3n) is 10.7. The molecule has 9 atom stereocenters. The summed E-state index contributed by atoms with van der Waals surface area (Å²) in [6.07, 6.45) is 0.179. The summed E-state index contributed by atoms with van der Waals surface area (Å²) in [6.45, 7) is 8.07. The van der Waals surface area contributed by atoms with Crippen LogP contribution in [-0.2, 0) is 51.0 Å². The van der Waals surface area contributed by atoms with E-state index in [9.17, 15) is 19.5 Å². The van der Waals surface area contributed by atoms with E-state index < -0.39 is 29.3 Å². The van der Waals surface area contributed by atoms with Gasteiger partial charge in [-0.15, -0.1) is 0 Å². The highest BCUT2D eigenvalue weighted by Crippen LogP contribution is 2.49. The predicted octanol–water partition coefficient (Wildman–Crippen LogP) is 4.06. The average molecular weight is 693 g/mol. The lowest BCUT2D eigenvalue weighted by Gasteiger charge is -2.34. The van der Waals surface area contributed by atoms with Gasteiger partial charge in [0.05, 0.1) is 51.3 Å². The minimum absolute atomic E-state index is 0.0102. The molecule has 6 rings (SSSR count). The number of ether oxygens (including phenoxy) is 5. The van der Waals surface area contributed by atoms with Crippen LogP contribution >= 0.6 is 0 Å². The maximum atomic E-state index is 14.0. The number of amides is 1. The van der Waals surface area contributed by atoms with Gasteiger partial charge in [-0.05, 0) is 29.4 Å². The number of hydrazine groups is 1. The number of aliphatic hydroxyl groups excluding tert-OH is 1. The summed E-state index contributed by atoms with van der Waals surface area (Å²) in [7, 11) is 0. The summed E-state index contributed by atoms with van der Waals surface area (Å²) in [5, 5.41) is 13.6. The lowest BCUT2D eigenvalue weighted by molar-refractivity contribution is -0.178. The van der Waals surface area contributed by atoms with Gasteiger partial charge in [-0.2, -0.15) is 0 Å². The van der Waals surface area contributed by atoms with E-state index in [2.05, 4.69) is 5.43 Å². The average Bonchev–Trinajstić information content (AvgIpc) is 3.81. The molecule has 1 amide bonds. The van der Waals surface area contributed by atoms with Crippen molar-refractivity contribution in [2.45, 2.75) is 84.0 Å². The molecule has 2 bridgehead atoms. The number of aliphatic hydroxyl groups is 1. The second kappa shape index (κ2) is 16.3. The number of carbonyl (C=O) groups is 3. The minimum atomic E-state index is -1.00. The van der Waals surface area contributed by atoms with Crippen molar-refractivity contribution in [1.29, 1.82) is 0 Å².